The molecule has 0 aromatic carbocycles. The summed E-state index contributed by atoms with van der Waals surface area (Å²) in [7, 11) is 0. The van der Waals surface area contributed by atoms with E-state index < -0.39 is 0 Å². The monoisotopic (exact) mass is 99.0 g/mol. The first-order valence-corrected chi connectivity index (χ1v) is 3.03. The van der Waals surface area contributed by atoms with Gasteiger partial charge in [-0.05, 0) is 18.2 Å². The molecule has 1 aliphatic rings. The van der Waals surface area contributed by atoms with E-state index in [1.54, 1.807) is 0 Å². The number of rotatable bonds is 0. The van der Waals surface area contributed by atoms with Gasteiger partial charge in [0.05, 0.1) is 0 Å². The Morgan fingerprint density at radius 3 is 2.83 bits per heavy atom. The predicted octanol–water partition coefficient (Wildman–Crippen LogP) is 1.84. The lowest BCUT2D eigenvalue weighted by molar-refractivity contribution is 1.27. The second-order valence-corrected chi connectivity index (χ2v) is 2.53. The van der Waals surface area contributed by atoms with E-state index in [0.717, 1.165) is 0 Å². The first kappa shape index (κ1) is 4.25. The van der Waals surface area contributed by atoms with Crippen LogP contribution in [0.4, 0.5) is 0 Å². The summed E-state index contributed by atoms with van der Waals surface area (Å²) in [5, 5.41) is 0. The number of thioether (sulfide) groups is 1. The summed E-state index contributed by atoms with van der Waals surface area (Å²) in [6, 6.07) is 0. The van der Waals surface area contributed by atoms with Crippen molar-refractivity contribution in [2.75, 3.05) is 5.75 Å². The second-order valence-electron chi connectivity index (χ2n) is 1.31. The van der Waals surface area contributed by atoms with Gasteiger partial charge >= 0.3 is 0 Å². The zero-order valence-corrected chi connectivity index (χ0v) is 4.42. The van der Waals surface area contributed by atoms with E-state index in [0.29, 0.717) is 0 Å². The van der Waals surface area contributed by atoms with E-state index >= 15 is 0 Å². The molecule has 0 saturated carbocycles. The van der Waals surface area contributed by atoms with Gasteiger partial charge in [0.2, 0.25) is 0 Å². The third-order valence-corrected chi connectivity index (χ3v) is 1.75. The minimum Gasteiger partial charge on any atom is -0.131 e. The van der Waals surface area contributed by atoms with Crippen LogP contribution in [0.15, 0.2) is 11.0 Å². The van der Waals surface area contributed by atoms with Crippen molar-refractivity contribution in [3.63, 3.8) is 0 Å². The van der Waals surface area contributed by atoms with Crippen molar-refractivity contribution in [2.45, 2.75) is 6.42 Å². The molecule has 0 aliphatic carbocycles. The van der Waals surface area contributed by atoms with Gasteiger partial charge in [-0.15, -0.1) is 11.8 Å². The average molecular weight is 99.2 g/mol. The molecule has 0 aromatic heterocycles. The molecule has 0 saturated heterocycles. The molecule has 0 spiro atoms. The van der Waals surface area contributed by atoms with E-state index in [2.05, 4.69) is 13.0 Å². The fourth-order valence-corrected chi connectivity index (χ4v) is 1.20. The Bertz CT molecular complexity index is 74.0. The van der Waals surface area contributed by atoms with E-state index in [-0.39, 0.29) is 0 Å². The molecule has 0 amide bonds. The van der Waals surface area contributed by atoms with Crippen molar-refractivity contribution in [1.82, 2.24) is 0 Å². The Morgan fingerprint density at radius 1 is 1.83 bits per heavy atom. The van der Waals surface area contributed by atoms with Crippen LogP contribution in [0.3, 0.4) is 0 Å². The second kappa shape index (κ2) is 1.69. The normalized spacial score (nSPS) is 21.2. The fraction of sp³-hybridized carbons (Fsp3) is 0.400. The summed E-state index contributed by atoms with van der Waals surface area (Å²) in [5.74, 6) is 1.25. The molecule has 1 radical (unpaired) electrons. The van der Waals surface area contributed by atoms with E-state index in [1.165, 1.54) is 17.1 Å². The molecule has 0 nitrogen and oxygen atoms in total. The van der Waals surface area contributed by atoms with Crippen molar-refractivity contribution in [3.05, 3.63) is 17.9 Å². The van der Waals surface area contributed by atoms with Crippen molar-refractivity contribution in [1.29, 1.82) is 0 Å². The fourth-order valence-electron chi connectivity index (χ4n) is 0.469. The van der Waals surface area contributed by atoms with Crippen molar-refractivity contribution in [2.24, 2.45) is 0 Å². The molecule has 1 rings (SSSR count). The average Bonchev–Trinajstić information content (AvgIpc) is 1.86. The minimum absolute atomic E-state index is 1.23. The van der Waals surface area contributed by atoms with E-state index in [9.17, 15) is 0 Å². The van der Waals surface area contributed by atoms with E-state index in [1.807, 2.05) is 11.8 Å². The van der Waals surface area contributed by atoms with Gasteiger partial charge in [-0.25, -0.2) is 0 Å². The van der Waals surface area contributed by atoms with Crippen molar-refractivity contribution in [3.8, 4) is 0 Å². The lowest BCUT2D eigenvalue weighted by atomic mass is 10.4. The highest BCUT2D eigenvalue weighted by atomic mass is 32.2. The largest absolute Gasteiger partial charge is 0.131 e. The molecule has 1 heteroatoms. The molecule has 6 heavy (non-hydrogen) atoms. The minimum atomic E-state index is 1.23. The van der Waals surface area contributed by atoms with Crippen LogP contribution < -0.4 is 0 Å². The summed E-state index contributed by atoms with van der Waals surface area (Å²) < 4.78 is 0. The van der Waals surface area contributed by atoms with Gasteiger partial charge in [0.15, 0.2) is 0 Å². The molecule has 33 valence electrons. The van der Waals surface area contributed by atoms with Crippen LogP contribution in [0.5, 0.6) is 0 Å². The van der Waals surface area contributed by atoms with Gasteiger partial charge in [-0.3, -0.25) is 0 Å². The van der Waals surface area contributed by atoms with E-state index in [4.69, 9.17) is 0 Å². The van der Waals surface area contributed by atoms with Gasteiger partial charge in [0, 0.05) is 5.75 Å². The molecule has 0 fully saturated rings. The lowest BCUT2D eigenvalue weighted by Gasteiger charge is -1.80. The van der Waals surface area contributed by atoms with Crippen LogP contribution in [-0.4, -0.2) is 5.75 Å². The maximum Gasteiger partial charge on any atom is 0.00117 e. The number of hydrogen-bond acceptors (Lipinski definition) is 1. The predicted molar refractivity (Wildman–Crippen MR) is 30.5 cm³/mol. The van der Waals surface area contributed by atoms with Crippen molar-refractivity contribution < 1.29 is 0 Å². The smallest absolute Gasteiger partial charge is 0.00117 e. The molecule has 1 aliphatic heterocycles. The Hall–Kier alpha value is 0.0900. The third-order valence-electron chi connectivity index (χ3n) is 0.777. The lowest BCUT2D eigenvalue weighted by Crippen LogP contribution is -1.57. The molecule has 0 unspecified atom stereocenters. The SMILES string of the molecule is [CH2]C1=CCCS1. The molecular formula is C5H7S. The van der Waals surface area contributed by atoms with Gasteiger partial charge in [0.1, 0.15) is 0 Å². The Balaban J connectivity index is 2.45. The highest BCUT2D eigenvalue weighted by molar-refractivity contribution is 8.03. The topological polar surface area (TPSA) is 0 Å². The van der Waals surface area contributed by atoms with Crippen LogP contribution in [0.25, 0.3) is 0 Å². The van der Waals surface area contributed by atoms with Gasteiger partial charge in [0.25, 0.3) is 0 Å². The van der Waals surface area contributed by atoms with Gasteiger partial charge < -0.3 is 0 Å². The number of allylic oxidation sites excluding steroid dienone is 2. The van der Waals surface area contributed by atoms with Gasteiger partial charge in [-0.2, -0.15) is 0 Å². The summed E-state index contributed by atoms with van der Waals surface area (Å²) in [4.78, 5) is 1.25. The third kappa shape index (κ3) is 0.777. The Morgan fingerprint density at radius 2 is 2.67 bits per heavy atom. The molecule has 1 heterocycles. The first-order valence-electron chi connectivity index (χ1n) is 2.04. The first-order chi connectivity index (χ1) is 2.89. The highest BCUT2D eigenvalue weighted by Crippen LogP contribution is 2.22. The summed E-state index contributed by atoms with van der Waals surface area (Å²) in [6.07, 6.45) is 3.40. The standard InChI is InChI=1S/C5H7S/c1-5-3-2-4-6-5/h3H,1-2,4H2. The summed E-state index contributed by atoms with van der Waals surface area (Å²) in [5.41, 5.74) is 0. The maximum absolute atomic E-state index is 3.76. The molecule has 0 atom stereocenters. The Labute approximate surface area is 42.6 Å². The van der Waals surface area contributed by atoms with Gasteiger partial charge in [-0.1, -0.05) is 6.08 Å². The van der Waals surface area contributed by atoms with Crippen molar-refractivity contribution >= 4 is 11.8 Å². The number of hydrogen-bond donors (Lipinski definition) is 0. The Kier molecular flexibility index (Phi) is 1.20. The molecule has 0 bridgehead atoms. The summed E-state index contributed by atoms with van der Waals surface area (Å²) in [6.45, 7) is 3.76. The van der Waals surface area contributed by atoms with Crippen LogP contribution in [0.1, 0.15) is 6.42 Å². The zero-order valence-electron chi connectivity index (χ0n) is 3.61. The van der Waals surface area contributed by atoms with Crippen LogP contribution in [0, 0.1) is 6.92 Å². The summed E-state index contributed by atoms with van der Waals surface area (Å²) >= 11 is 1.85. The zero-order chi connectivity index (χ0) is 4.41. The maximum atomic E-state index is 3.76. The molecule has 0 aromatic rings. The van der Waals surface area contributed by atoms with Crippen LogP contribution in [-0.2, 0) is 0 Å². The molecule has 0 N–H and O–H groups in total. The molecular weight excluding hydrogens is 92.1 g/mol. The quantitative estimate of drug-likeness (QED) is 0.446. The van der Waals surface area contributed by atoms with Crippen LogP contribution >= 0.6 is 11.8 Å². The highest BCUT2D eigenvalue weighted by Gasteiger charge is 1.95. The van der Waals surface area contributed by atoms with Crippen LogP contribution in [0.2, 0.25) is 0 Å².